The molecule has 2 nitrogen and oxygen atoms in total. The third kappa shape index (κ3) is 1.95. The number of aryl methyl sites for hydroxylation is 2. The summed E-state index contributed by atoms with van der Waals surface area (Å²) in [5, 5.41) is 3.55. The molecule has 0 radical (unpaired) electrons. The van der Waals surface area contributed by atoms with Crippen molar-refractivity contribution in [1.29, 1.82) is 0 Å². The van der Waals surface area contributed by atoms with E-state index in [9.17, 15) is 0 Å². The molecule has 0 bridgehead atoms. The summed E-state index contributed by atoms with van der Waals surface area (Å²) in [6, 6.07) is 6.78. The Kier molecular flexibility index (Phi) is 2.62. The van der Waals surface area contributed by atoms with Crippen molar-refractivity contribution in [3.8, 4) is 0 Å². The number of hydrogen-bond acceptors (Lipinski definition) is 2. The van der Waals surface area contributed by atoms with Gasteiger partial charge in [0.1, 0.15) is 0 Å². The quantitative estimate of drug-likeness (QED) is 0.797. The van der Waals surface area contributed by atoms with Crippen molar-refractivity contribution in [3.05, 3.63) is 29.3 Å². The predicted molar refractivity (Wildman–Crippen MR) is 72.7 cm³/mol. The molecule has 2 saturated heterocycles. The van der Waals surface area contributed by atoms with E-state index in [0.717, 1.165) is 0 Å². The summed E-state index contributed by atoms with van der Waals surface area (Å²) in [7, 11) is 0. The van der Waals surface area contributed by atoms with Crippen molar-refractivity contribution in [3.63, 3.8) is 0 Å². The van der Waals surface area contributed by atoms with E-state index in [1.807, 2.05) is 0 Å². The molecule has 3 rings (SSSR count). The molecule has 2 aliphatic rings. The second kappa shape index (κ2) is 4.02. The minimum absolute atomic E-state index is 0.578. The predicted octanol–water partition coefficient (Wildman–Crippen LogP) is 2.49. The topological polar surface area (TPSA) is 15.3 Å². The fourth-order valence-corrected chi connectivity index (χ4v) is 3.29. The zero-order chi connectivity index (χ0) is 11.9. The molecule has 0 amide bonds. The molecular weight excluding hydrogens is 208 g/mol. The molecule has 0 saturated carbocycles. The first-order valence-corrected chi connectivity index (χ1v) is 6.72. The minimum Gasteiger partial charge on any atom is -0.370 e. The Morgan fingerprint density at radius 3 is 2.76 bits per heavy atom. The van der Waals surface area contributed by atoms with Crippen molar-refractivity contribution in [2.45, 2.75) is 26.7 Å². The maximum atomic E-state index is 3.55. The number of anilines is 1. The summed E-state index contributed by atoms with van der Waals surface area (Å²) in [4.78, 5) is 2.55. The van der Waals surface area contributed by atoms with Gasteiger partial charge in [0.15, 0.2) is 0 Å². The molecule has 2 heteroatoms. The second-order valence-corrected chi connectivity index (χ2v) is 5.93. The molecule has 0 atom stereocenters. The van der Waals surface area contributed by atoms with Gasteiger partial charge in [-0.1, -0.05) is 12.1 Å². The molecule has 1 aromatic rings. The highest BCUT2D eigenvalue weighted by molar-refractivity contribution is 5.57. The van der Waals surface area contributed by atoms with Crippen LogP contribution in [0.3, 0.4) is 0 Å². The lowest BCUT2D eigenvalue weighted by molar-refractivity contribution is 0.156. The van der Waals surface area contributed by atoms with Gasteiger partial charge in [0.25, 0.3) is 0 Å². The lowest BCUT2D eigenvalue weighted by Gasteiger charge is -2.54. The molecule has 0 unspecified atom stereocenters. The van der Waals surface area contributed by atoms with Gasteiger partial charge in [0, 0.05) is 30.7 Å². The van der Waals surface area contributed by atoms with E-state index < -0.39 is 0 Å². The fraction of sp³-hybridized carbons (Fsp3) is 0.600. The maximum absolute atomic E-state index is 3.55. The zero-order valence-electron chi connectivity index (χ0n) is 10.9. The number of piperidine rings is 1. The molecule has 1 spiro atoms. The van der Waals surface area contributed by atoms with Crippen molar-refractivity contribution >= 4 is 5.69 Å². The van der Waals surface area contributed by atoms with Crippen LogP contribution >= 0.6 is 0 Å². The highest BCUT2D eigenvalue weighted by Gasteiger charge is 2.43. The third-order valence-corrected chi connectivity index (χ3v) is 4.32. The van der Waals surface area contributed by atoms with Gasteiger partial charge < -0.3 is 10.2 Å². The van der Waals surface area contributed by atoms with E-state index in [0.29, 0.717) is 5.41 Å². The summed E-state index contributed by atoms with van der Waals surface area (Å²) in [6.45, 7) is 9.31. The molecule has 2 fully saturated rings. The normalized spacial score (nSPS) is 22.6. The van der Waals surface area contributed by atoms with Gasteiger partial charge >= 0.3 is 0 Å². The van der Waals surface area contributed by atoms with Crippen molar-refractivity contribution in [1.82, 2.24) is 5.32 Å². The Labute approximate surface area is 104 Å². The Hall–Kier alpha value is -1.02. The summed E-state index contributed by atoms with van der Waals surface area (Å²) < 4.78 is 0. The molecule has 0 aromatic heterocycles. The minimum atomic E-state index is 0.578. The first-order chi connectivity index (χ1) is 8.19. The summed E-state index contributed by atoms with van der Waals surface area (Å²) in [5.74, 6) is 0. The molecule has 17 heavy (non-hydrogen) atoms. The first kappa shape index (κ1) is 11.1. The van der Waals surface area contributed by atoms with Gasteiger partial charge in [-0.25, -0.2) is 0 Å². The molecule has 2 heterocycles. The zero-order valence-corrected chi connectivity index (χ0v) is 10.9. The molecule has 1 N–H and O–H groups in total. The van der Waals surface area contributed by atoms with Crippen molar-refractivity contribution in [2.24, 2.45) is 5.41 Å². The number of rotatable bonds is 1. The third-order valence-electron chi connectivity index (χ3n) is 4.32. The molecule has 92 valence electrons. The van der Waals surface area contributed by atoms with Crippen LogP contribution in [0.5, 0.6) is 0 Å². The highest BCUT2D eigenvalue weighted by atomic mass is 15.2. The SMILES string of the molecule is Cc1ccc(C)c(N2CC3(CCCNC3)C2)c1. The Morgan fingerprint density at radius 1 is 1.24 bits per heavy atom. The smallest absolute Gasteiger partial charge is 0.0398 e. The molecular formula is C15H22N2. The fourth-order valence-electron chi connectivity index (χ4n) is 3.29. The van der Waals surface area contributed by atoms with Crippen molar-refractivity contribution in [2.75, 3.05) is 31.1 Å². The monoisotopic (exact) mass is 230 g/mol. The number of nitrogens with one attached hydrogen (secondary N) is 1. The Morgan fingerprint density at radius 2 is 2.06 bits per heavy atom. The van der Waals surface area contributed by atoms with E-state index in [4.69, 9.17) is 0 Å². The summed E-state index contributed by atoms with van der Waals surface area (Å²) >= 11 is 0. The van der Waals surface area contributed by atoms with E-state index in [1.165, 1.54) is 55.8 Å². The lowest BCUT2D eigenvalue weighted by Crippen LogP contribution is -2.62. The standard InChI is InChI=1S/C15H22N2/c1-12-4-5-13(2)14(8-12)17-10-15(11-17)6-3-7-16-9-15/h4-5,8,16H,3,6-7,9-11H2,1-2H3. The number of nitrogens with zero attached hydrogens (tertiary/aromatic N) is 1. The van der Waals surface area contributed by atoms with Crippen LogP contribution in [0.1, 0.15) is 24.0 Å². The van der Waals surface area contributed by atoms with Gasteiger partial charge in [-0.2, -0.15) is 0 Å². The van der Waals surface area contributed by atoms with Gasteiger partial charge in [-0.15, -0.1) is 0 Å². The van der Waals surface area contributed by atoms with E-state index in [2.05, 4.69) is 42.3 Å². The number of hydrogen-bond donors (Lipinski definition) is 1. The molecule has 2 aliphatic heterocycles. The van der Waals surface area contributed by atoms with Crippen LogP contribution < -0.4 is 10.2 Å². The van der Waals surface area contributed by atoms with Crippen LogP contribution in [0.2, 0.25) is 0 Å². The lowest BCUT2D eigenvalue weighted by atomic mass is 9.73. The van der Waals surface area contributed by atoms with Crippen LogP contribution in [0.25, 0.3) is 0 Å². The van der Waals surface area contributed by atoms with Crippen LogP contribution in [0.4, 0.5) is 5.69 Å². The van der Waals surface area contributed by atoms with E-state index in [-0.39, 0.29) is 0 Å². The average molecular weight is 230 g/mol. The van der Waals surface area contributed by atoms with Crippen LogP contribution in [-0.4, -0.2) is 26.2 Å². The van der Waals surface area contributed by atoms with E-state index >= 15 is 0 Å². The summed E-state index contributed by atoms with van der Waals surface area (Å²) in [6.07, 6.45) is 2.75. The van der Waals surface area contributed by atoms with Gasteiger partial charge in [0.05, 0.1) is 0 Å². The Balaban J connectivity index is 1.74. The second-order valence-electron chi connectivity index (χ2n) is 5.93. The average Bonchev–Trinajstić information content (AvgIpc) is 2.30. The van der Waals surface area contributed by atoms with Crippen molar-refractivity contribution < 1.29 is 0 Å². The highest BCUT2D eigenvalue weighted by Crippen LogP contribution is 2.40. The molecule has 1 aromatic carbocycles. The van der Waals surface area contributed by atoms with E-state index in [1.54, 1.807) is 0 Å². The van der Waals surface area contributed by atoms with Crippen LogP contribution in [0, 0.1) is 19.3 Å². The number of benzene rings is 1. The van der Waals surface area contributed by atoms with Crippen LogP contribution in [-0.2, 0) is 0 Å². The van der Waals surface area contributed by atoms with Gasteiger partial charge in [-0.05, 0) is 50.4 Å². The van der Waals surface area contributed by atoms with Gasteiger partial charge in [0.2, 0.25) is 0 Å². The largest absolute Gasteiger partial charge is 0.370 e. The van der Waals surface area contributed by atoms with Crippen LogP contribution in [0.15, 0.2) is 18.2 Å². The molecule has 0 aliphatic carbocycles. The maximum Gasteiger partial charge on any atom is 0.0398 e. The van der Waals surface area contributed by atoms with Gasteiger partial charge in [-0.3, -0.25) is 0 Å². The Bertz CT molecular complexity index is 411. The summed E-state index contributed by atoms with van der Waals surface area (Å²) in [5.41, 5.74) is 4.80. The first-order valence-electron chi connectivity index (χ1n) is 6.72.